The topological polar surface area (TPSA) is 86.1 Å². The van der Waals surface area contributed by atoms with E-state index in [4.69, 9.17) is 5.26 Å². The van der Waals surface area contributed by atoms with Gasteiger partial charge in [0.15, 0.2) is 0 Å². The molecule has 1 aromatic heterocycles. The number of carbonyl (C=O) groups is 2. The normalized spacial score (nSPS) is 11.6. The molecule has 6 heteroatoms. The summed E-state index contributed by atoms with van der Waals surface area (Å²) < 4.78 is 0. The smallest absolute Gasteiger partial charge is 0.313 e. The van der Waals surface area contributed by atoms with Gasteiger partial charge in [-0.1, -0.05) is 18.2 Å². The van der Waals surface area contributed by atoms with E-state index in [0.29, 0.717) is 11.2 Å². The highest BCUT2D eigenvalue weighted by Crippen LogP contribution is 2.21. The maximum atomic E-state index is 12.2. The van der Waals surface area contributed by atoms with Crippen molar-refractivity contribution >= 4 is 28.4 Å². The second-order valence-corrected chi connectivity index (χ2v) is 5.41. The zero-order valence-corrected chi connectivity index (χ0v) is 13.3. The molecule has 1 N–H and O–H groups in total. The molecule has 2 rings (SSSR count). The summed E-state index contributed by atoms with van der Waals surface area (Å²) >= 11 is 0. The van der Waals surface area contributed by atoms with Crippen molar-refractivity contribution in [2.45, 2.75) is 26.3 Å². The molecule has 0 spiro atoms. The Hall–Kier alpha value is -2.94. The van der Waals surface area contributed by atoms with Crippen molar-refractivity contribution in [1.29, 1.82) is 5.26 Å². The van der Waals surface area contributed by atoms with E-state index in [1.807, 2.05) is 31.2 Å². The average Bonchev–Trinajstić information content (AvgIpc) is 2.54. The fourth-order valence-corrected chi connectivity index (χ4v) is 2.15. The van der Waals surface area contributed by atoms with Gasteiger partial charge in [0.25, 0.3) is 0 Å². The Kier molecular flexibility index (Phi) is 4.91. The van der Waals surface area contributed by atoms with Crippen molar-refractivity contribution in [1.82, 2.24) is 9.88 Å². The van der Waals surface area contributed by atoms with Crippen LogP contribution in [0.15, 0.2) is 30.3 Å². The number of nitriles is 1. The number of pyridine rings is 1. The van der Waals surface area contributed by atoms with Crippen molar-refractivity contribution in [3.05, 3.63) is 36.0 Å². The van der Waals surface area contributed by atoms with Crippen LogP contribution in [0.1, 0.15) is 19.0 Å². The summed E-state index contributed by atoms with van der Waals surface area (Å²) in [6, 6.07) is 10.8. The van der Waals surface area contributed by atoms with Gasteiger partial charge in [-0.2, -0.15) is 5.26 Å². The van der Waals surface area contributed by atoms with E-state index in [0.717, 1.165) is 11.1 Å². The lowest BCUT2D eigenvalue weighted by atomic mass is 10.1. The summed E-state index contributed by atoms with van der Waals surface area (Å²) in [5.41, 5.74) is 1.96. The third-order valence-electron chi connectivity index (χ3n) is 3.67. The Balaban J connectivity index is 2.22. The van der Waals surface area contributed by atoms with Gasteiger partial charge in [-0.05, 0) is 26.0 Å². The number of hydrogen-bond acceptors (Lipinski definition) is 4. The number of carbonyl (C=O) groups excluding carboxylic acids is 2. The highest BCUT2D eigenvalue weighted by atomic mass is 16.2. The molecule has 118 valence electrons. The maximum absolute atomic E-state index is 12.2. The Morgan fingerprint density at radius 1 is 1.35 bits per heavy atom. The largest absolute Gasteiger partial charge is 0.334 e. The third-order valence-corrected chi connectivity index (χ3v) is 3.67. The highest BCUT2D eigenvalue weighted by molar-refractivity contribution is 6.40. The number of nitrogens with zero attached hydrogens (tertiary/aromatic N) is 3. The van der Waals surface area contributed by atoms with Gasteiger partial charge in [0.2, 0.25) is 0 Å². The summed E-state index contributed by atoms with van der Waals surface area (Å²) in [6.07, 6.45) is 0.171. The Bertz CT molecular complexity index is 795. The van der Waals surface area contributed by atoms with E-state index in [1.165, 1.54) is 11.9 Å². The number of para-hydroxylation sites is 1. The predicted molar refractivity (Wildman–Crippen MR) is 87.6 cm³/mol. The zero-order valence-electron chi connectivity index (χ0n) is 13.3. The molecule has 0 fully saturated rings. The molecule has 0 aliphatic rings. The summed E-state index contributed by atoms with van der Waals surface area (Å²) in [4.78, 5) is 30.0. The molecule has 0 bridgehead atoms. The lowest BCUT2D eigenvalue weighted by molar-refractivity contribution is -0.143. The quantitative estimate of drug-likeness (QED) is 0.881. The lowest BCUT2D eigenvalue weighted by Crippen LogP contribution is -2.42. The van der Waals surface area contributed by atoms with Crippen molar-refractivity contribution in [2.75, 3.05) is 12.4 Å². The zero-order chi connectivity index (χ0) is 17.0. The number of hydrogen-bond donors (Lipinski definition) is 1. The van der Waals surface area contributed by atoms with Crippen LogP contribution in [-0.2, 0) is 9.59 Å². The number of amides is 2. The van der Waals surface area contributed by atoms with Crippen molar-refractivity contribution in [2.24, 2.45) is 0 Å². The maximum Gasteiger partial charge on any atom is 0.313 e. The van der Waals surface area contributed by atoms with Crippen LogP contribution in [0.4, 0.5) is 5.69 Å². The van der Waals surface area contributed by atoms with Crippen LogP contribution in [0, 0.1) is 18.3 Å². The molecule has 1 heterocycles. The fraction of sp³-hybridized carbons (Fsp3) is 0.294. The molecule has 1 unspecified atom stereocenters. The van der Waals surface area contributed by atoms with Crippen LogP contribution in [0.2, 0.25) is 0 Å². The first-order valence-electron chi connectivity index (χ1n) is 7.25. The molecule has 2 amide bonds. The summed E-state index contributed by atoms with van der Waals surface area (Å²) in [6.45, 7) is 3.58. The van der Waals surface area contributed by atoms with E-state index < -0.39 is 11.8 Å². The van der Waals surface area contributed by atoms with E-state index in [1.54, 1.807) is 19.1 Å². The summed E-state index contributed by atoms with van der Waals surface area (Å²) in [7, 11) is 1.51. The van der Waals surface area contributed by atoms with E-state index in [2.05, 4.69) is 10.3 Å². The first kappa shape index (κ1) is 16.4. The van der Waals surface area contributed by atoms with Crippen LogP contribution in [0.25, 0.3) is 10.9 Å². The number of likely N-dealkylation sites (N-methyl/N-ethyl adjacent to an activating group) is 1. The molecule has 0 saturated carbocycles. The van der Waals surface area contributed by atoms with Gasteiger partial charge in [0, 0.05) is 24.2 Å². The molecule has 0 saturated heterocycles. The van der Waals surface area contributed by atoms with E-state index >= 15 is 0 Å². The molecule has 1 atom stereocenters. The minimum Gasteiger partial charge on any atom is -0.334 e. The van der Waals surface area contributed by atoms with Gasteiger partial charge in [-0.3, -0.25) is 14.6 Å². The first-order valence-corrected chi connectivity index (χ1v) is 7.25. The number of nitrogens with one attached hydrogen (secondary N) is 1. The van der Waals surface area contributed by atoms with Crippen LogP contribution in [-0.4, -0.2) is 34.8 Å². The monoisotopic (exact) mass is 310 g/mol. The van der Waals surface area contributed by atoms with Gasteiger partial charge in [0.05, 0.1) is 23.7 Å². The van der Waals surface area contributed by atoms with Crippen LogP contribution in [0.3, 0.4) is 0 Å². The number of fused-ring (bicyclic) bond motifs is 1. The van der Waals surface area contributed by atoms with Crippen molar-refractivity contribution in [3.63, 3.8) is 0 Å². The number of anilines is 1. The molecule has 0 aliphatic heterocycles. The van der Waals surface area contributed by atoms with Crippen LogP contribution < -0.4 is 5.32 Å². The standard InChI is InChI=1S/C17H18N4O2/c1-11-7-8-13-5-4-6-14(15(13)19-11)20-16(22)17(23)21(3)12(2)9-10-18/h4-8,12H,9H2,1-3H3,(H,20,22). The van der Waals surface area contributed by atoms with Gasteiger partial charge in [-0.25, -0.2) is 0 Å². The molecular formula is C17H18N4O2. The summed E-state index contributed by atoms with van der Waals surface area (Å²) in [5.74, 6) is -1.43. The van der Waals surface area contributed by atoms with Crippen LogP contribution in [0.5, 0.6) is 0 Å². The number of benzene rings is 1. The highest BCUT2D eigenvalue weighted by Gasteiger charge is 2.23. The Morgan fingerprint density at radius 2 is 2.09 bits per heavy atom. The number of aromatic nitrogens is 1. The predicted octanol–water partition coefficient (Wildman–Crippen LogP) is 2.24. The molecule has 0 radical (unpaired) electrons. The first-order chi connectivity index (χ1) is 10.9. The molecule has 23 heavy (non-hydrogen) atoms. The molecule has 6 nitrogen and oxygen atoms in total. The van der Waals surface area contributed by atoms with Crippen molar-refractivity contribution in [3.8, 4) is 6.07 Å². The van der Waals surface area contributed by atoms with Gasteiger partial charge in [0.1, 0.15) is 0 Å². The number of rotatable bonds is 3. The molecular weight excluding hydrogens is 292 g/mol. The molecule has 1 aromatic carbocycles. The van der Waals surface area contributed by atoms with Crippen molar-refractivity contribution < 1.29 is 9.59 Å². The SMILES string of the molecule is Cc1ccc2cccc(NC(=O)C(=O)N(C)C(C)CC#N)c2n1. The third kappa shape index (κ3) is 3.64. The van der Waals surface area contributed by atoms with Gasteiger partial charge in [-0.15, -0.1) is 0 Å². The second kappa shape index (κ2) is 6.88. The second-order valence-electron chi connectivity index (χ2n) is 5.41. The Labute approximate surface area is 134 Å². The molecule has 0 aliphatic carbocycles. The minimum absolute atomic E-state index is 0.171. The van der Waals surface area contributed by atoms with Gasteiger partial charge < -0.3 is 10.2 Å². The molecule has 2 aromatic rings. The van der Waals surface area contributed by atoms with Gasteiger partial charge >= 0.3 is 11.8 Å². The number of aryl methyl sites for hydroxylation is 1. The lowest BCUT2D eigenvalue weighted by Gasteiger charge is -2.22. The van der Waals surface area contributed by atoms with E-state index in [-0.39, 0.29) is 12.5 Å². The summed E-state index contributed by atoms with van der Waals surface area (Å²) in [5, 5.41) is 12.2. The van der Waals surface area contributed by atoms with Crippen LogP contribution >= 0.6 is 0 Å². The fourth-order valence-electron chi connectivity index (χ4n) is 2.15. The average molecular weight is 310 g/mol. The Morgan fingerprint density at radius 3 is 2.78 bits per heavy atom. The minimum atomic E-state index is -0.743. The van der Waals surface area contributed by atoms with E-state index in [9.17, 15) is 9.59 Å².